The lowest BCUT2D eigenvalue weighted by molar-refractivity contribution is 0.0285. The van der Waals surface area contributed by atoms with Crippen LogP contribution < -0.4 is 0 Å². The maximum atomic E-state index is 12.6. The molecule has 4 heteroatoms. The van der Waals surface area contributed by atoms with Gasteiger partial charge in [0.25, 0.3) is 0 Å². The van der Waals surface area contributed by atoms with Crippen molar-refractivity contribution < 1.29 is 14.6 Å². The smallest absolute Gasteiger partial charge is 0.410 e. The molecule has 0 bridgehead atoms. The molecule has 3 rings (SSSR count). The van der Waals surface area contributed by atoms with Crippen LogP contribution in [0.5, 0.6) is 0 Å². The Labute approximate surface area is 189 Å². The zero-order valence-corrected chi connectivity index (χ0v) is 20.4. The molecule has 1 saturated carbocycles. The maximum absolute atomic E-state index is 12.6. The summed E-state index contributed by atoms with van der Waals surface area (Å²) in [5.41, 5.74) is 3.94. The molecule has 1 N–H and O–H groups in total. The Kier molecular flexibility index (Phi) is 7.72. The Morgan fingerprint density at radius 3 is 2.71 bits per heavy atom. The van der Waals surface area contributed by atoms with E-state index in [1.807, 2.05) is 25.7 Å². The average molecular weight is 430 g/mol. The van der Waals surface area contributed by atoms with E-state index in [2.05, 4.69) is 32.0 Å². The van der Waals surface area contributed by atoms with Crippen molar-refractivity contribution >= 4 is 6.09 Å². The number of likely N-dealkylation sites (tertiary alicyclic amines) is 1. The normalized spacial score (nSPS) is 27.2. The molecule has 2 aliphatic rings. The molecule has 4 nitrogen and oxygen atoms in total. The van der Waals surface area contributed by atoms with Crippen LogP contribution in [-0.4, -0.2) is 40.9 Å². The summed E-state index contributed by atoms with van der Waals surface area (Å²) in [6, 6.07) is 7.09. The SMILES string of the molecule is CCCc1cc([C@]2(C[C@@H]3CCN(C(=O)OC(C)(C)C)C3)CCCC(O)CC2)ccc1C. The van der Waals surface area contributed by atoms with Crippen LogP contribution in [0.1, 0.15) is 95.8 Å². The second-order valence-corrected chi connectivity index (χ2v) is 11.0. The molecule has 0 spiro atoms. The van der Waals surface area contributed by atoms with Gasteiger partial charge >= 0.3 is 6.09 Å². The number of amides is 1. The predicted octanol–water partition coefficient (Wildman–Crippen LogP) is 6.16. The predicted molar refractivity (Wildman–Crippen MR) is 126 cm³/mol. The maximum Gasteiger partial charge on any atom is 0.410 e. The van der Waals surface area contributed by atoms with E-state index < -0.39 is 5.60 Å². The van der Waals surface area contributed by atoms with Gasteiger partial charge in [0.1, 0.15) is 5.60 Å². The number of aryl methyl sites for hydroxylation is 2. The summed E-state index contributed by atoms with van der Waals surface area (Å²) in [7, 11) is 0. The van der Waals surface area contributed by atoms with Gasteiger partial charge in [-0.1, -0.05) is 31.5 Å². The minimum Gasteiger partial charge on any atom is -0.444 e. The second-order valence-electron chi connectivity index (χ2n) is 11.0. The summed E-state index contributed by atoms with van der Waals surface area (Å²) >= 11 is 0. The molecule has 0 aromatic heterocycles. The van der Waals surface area contributed by atoms with Crippen molar-refractivity contribution in [2.75, 3.05) is 13.1 Å². The van der Waals surface area contributed by atoms with Gasteiger partial charge in [-0.2, -0.15) is 0 Å². The average Bonchev–Trinajstić information content (AvgIpc) is 3.07. The number of ether oxygens (including phenoxy) is 1. The number of nitrogens with zero attached hydrogens (tertiary/aromatic N) is 1. The van der Waals surface area contributed by atoms with Crippen molar-refractivity contribution in [3.8, 4) is 0 Å². The molecule has 174 valence electrons. The minimum atomic E-state index is -0.453. The van der Waals surface area contributed by atoms with Gasteiger partial charge in [0.2, 0.25) is 0 Å². The van der Waals surface area contributed by atoms with Crippen LogP contribution >= 0.6 is 0 Å². The molecule has 1 heterocycles. The first-order valence-corrected chi connectivity index (χ1v) is 12.4. The molecule has 1 aromatic rings. The lowest BCUT2D eigenvalue weighted by Gasteiger charge is -2.37. The fourth-order valence-corrected chi connectivity index (χ4v) is 5.58. The Bertz CT molecular complexity index is 753. The van der Waals surface area contributed by atoms with Crippen molar-refractivity contribution in [2.45, 2.75) is 110 Å². The number of carbonyl (C=O) groups is 1. The monoisotopic (exact) mass is 429 g/mol. The highest BCUT2D eigenvalue weighted by molar-refractivity contribution is 5.68. The van der Waals surface area contributed by atoms with E-state index in [0.717, 1.165) is 70.9 Å². The van der Waals surface area contributed by atoms with Gasteiger partial charge in [-0.3, -0.25) is 0 Å². The molecule has 0 radical (unpaired) electrons. The van der Waals surface area contributed by atoms with Crippen LogP contribution in [0.15, 0.2) is 18.2 Å². The van der Waals surface area contributed by atoms with E-state index in [9.17, 15) is 9.90 Å². The fraction of sp³-hybridized carbons (Fsp3) is 0.741. The van der Waals surface area contributed by atoms with Gasteiger partial charge in [-0.15, -0.1) is 0 Å². The molecule has 1 aromatic carbocycles. The summed E-state index contributed by atoms with van der Waals surface area (Å²) in [6.07, 6.45) is 9.06. The van der Waals surface area contributed by atoms with Crippen LogP contribution in [-0.2, 0) is 16.6 Å². The van der Waals surface area contributed by atoms with Gasteiger partial charge in [-0.05, 0) is 107 Å². The third-order valence-electron chi connectivity index (χ3n) is 7.25. The Balaban J connectivity index is 1.81. The molecule has 1 aliphatic heterocycles. The first kappa shape index (κ1) is 24.1. The fourth-order valence-electron chi connectivity index (χ4n) is 5.58. The van der Waals surface area contributed by atoms with Crippen LogP contribution in [0.25, 0.3) is 0 Å². The van der Waals surface area contributed by atoms with Gasteiger partial charge in [0.05, 0.1) is 6.10 Å². The first-order chi connectivity index (χ1) is 14.6. The summed E-state index contributed by atoms with van der Waals surface area (Å²) in [5.74, 6) is 0.485. The van der Waals surface area contributed by atoms with E-state index in [4.69, 9.17) is 4.74 Å². The Morgan fingerprint density at radius 2 is 2.00 bits per heavy atom. The third-order valence-corrected chi connectivity index (χ3v) is 7.25. The summed E-state index contributed by atoms with van der Waals surface area (Å²) < 4.78 is 5.61. The first-order valence-electron chi connectivity index (χ1n) is 12.4. The molecule has 31 heavy (non-hydrogen) atoms. The number of aliphatic hydroxyl groups excluding tert-OH is 1. The Hall–Kier alpha value is -1.55. The van der Waals surface area contributed by atoms with Crippen molar-refractivity contribution in [3.63, 3.8) is 0 Å². The standard InChI is InChI=1S/C27H43NO3/c1-6-8-22-17-23(11-10-20(22)2)27(14-7-9-24(29)12-15-27)18-21-13-16-28(19-21)25(30)31-26(3,4)5/h10-11,17,21,24,29H,6-9,12-16,18-19H2,1-5H3/t21-,24?,27+/m0/s1. The largest absolute Gasteiger partial charge is 0.444 e. The summed E-state index contributed by atoms with van der Waals surface area (Å²) in [6.45, 7) is 11.8. The van der Waals surface area contributed by atoms with Crippen molar-refractivity contribution in [2.24, 2.45) is 5.92 Å². The van der Waals surface area contributed by atoms with Crippen LogP contribution in [0.4, 0.5) is 4.79 Å². The third kappa shape index (κ3) is 6.25. The molecule has 1 amide bonds. The lowest BCUT2D eigenvalue weighted by atomic mass is 9.68. The lowest BCUT2D eigenvalue weighted by Crippen LogP contribution is -2.36. The number of hydrogen-bond donors (Lipinski definition) is 1. The van der Waals surface area contributed by atoms with Gasteiger partial charge in [-0.25, -0.2) is 4.79 Å². The van der Waals surface area contributed by atoms with Crippen LogP contribution in [0.2, 0.25) is 0 Å². The molecule has 1 unspecified atom stereocenters. The summed E-state index contributed by atoms with van der Waals surface area (Å²) in [4.78, 5) is 14.5. The van der Waals surface area contributed by atoms with Gasteiger partial charge in [0.15, 0.2) is 0 Å². The van der Waals surface area contributed by atoms with Crippen molar-refractivity contribution in [1.82, 2.24) is 4.90 Å². The van der Waals surface area contributed by atoms with E-state index in [-0.39, 0.29) is 17.6 Å². The molecule has 3 atom stereocenters. The number of hydrogen-bond acceptors (Lipinski definition) is 3. The molecule has 1 aliphatic carbocycles. The molecular weight excluding hydrogens is 386 g/mol. The molecular formula is C27H43NO3. The highest BCUT2D eigenvalue weighted by Gasteiger charge is 2.40. The van der Waals surface area contributed by atoms with Crippen LogP contribution in [0.3, 0.4) is 0 Å². The highest BCUT2D eigenvalue weighted by Crippen LogP contribution is 2.45. The minimum absolute atomic E-state index is 0.0995. The summed E-state index contributed by atoms with van der Waals surface area (Å²) in [5, 5.41) is 10.4. The number of carbonyl (C=O) groups excluding carboxylic acids is 1. The van der Waals surface area contributed by atoms with E-state index in [1.54, 1.807) is 0 Å². The number of rotatable bonds is 5. The van der Waals surface area contributed by atoms with Gasteiger partial charge in [0, 0.05) is 13.1 Å². The van der Waals surface area contributed by atoms with Crippen LogP contribution in [0, 0.1) is 12.8 Å². The van der Waals surface area contributed by atoms with E-state index in [1.165, 1.54) is 16.7 Å². The topological polar surface area (TPSA) is 49.8 Å². The quantitative estimate of drug-likeness (QED) is 0.571. The zero-order valence-electron chi connectivity index (χ0n) is 20.4. The molecule has 1 saturated heterocycles. The van der Waals surface area contributed by atoms with E-state index >= 15 is 0 Å². The number of aliphatic hydroxyl groups is 1. The Morgan fingerprint density at radius 1 is 1.23 bits per heavy atom. The highest BCUT2D eigenvalue weighted by atomic mass is 16.6. The second kappa shape index (κ2) is 9.94. The van der Waals surface area contributed by atoms with E-state index in [0.29, 0.717) is 5.92 Å². The zero-order chi connectivity index (χ0) is 22.6. The molecule has 2 fully saturated rings. The van der Waals surface area contributed by atoms with Crippen molar-refractivity contribution in [3.05, 3.63) is 34.9 Å². The van der Waals surface area contributed by atoms with Crippen molar-refractivity contribution in [1.29, 1.82) is 0 Å². The van der Waals surface area contributed by atoms with Gasteiger partial charge < -0.3 is 14.7 Å². The number of benzene rings is 1.